The van der Waals surface area contributed by atoms with E-state index in [2.05, 4.69) is 5.32 Å². The fourth-order valence-corrected chi connectivity index (χ4v) is 5.53. The van der Waals surface area contributed by atoms with E-state index in [0.717, 1.165) is 0 Å². The van der Waals surface area contributed by atoms with Crippen LogP contribution in [-0.2, 0) is 32.7 Å². The van der Waals surface area contributed by atoms with Crippen molar-refractivity contribution in [1.82, 2.24) is 5.32 Å². The summed E-state index contributed by atoms with van der Waals surface area (Å²) in [6.45, 7) is 3.63. The second-order valence-corrected chi connectivity index (χ2v) is 11.5. The molecule has 0 saturated carbocycles. The molecule has 12 heteroatoms. The molecule has 0 atom stereocenters. The molecule has 0 spiro atoms. The van der Waals surface area contributed by atoms with Crippen molar-refractivity contribution < 1.29 is 41.3 Å². The number of hydrogen-bond acceptors (Lipinski definition) is 8. The summed E-state index contributed by atoms with van der Waals surface area (Å²) in [6.07, 6.45) is 0.182. The molecule has 0 unspecified atom stereocenters. The van der Waals surface area contributed by atoms with Crippen molar-refractivity contribution in [3.8, 4) is 5.75 Å². The molecule has 0 fully saturated rings. The largest absolute Gasteiger partial charge is 0.422 e. The maximum atomic E-state index is 14.0. The smallest absolute Gasteiger partial charge is 0.345 e. The SMILES string of the molecule is COCc1cc(C(=O)NCCOCCN)cc(C)c1OC(=O)c1c2ccccc2[n+](CCCS(=O)(=O)O)c2ccccc12. The topological polar surface area (TPSA) is 158 Å². The van der Waals surface area contributed by atoms with E-state index in [1.807, 2.05) is 53.1 Å². The highest BCUT2D eigenvalue weighted by atomic mass is 32.2. The van der Waals surface area contributed by atoms with E-state index in [1.165, 1.54) is 7.11 Å². The van der Waals surface area contributed by atoms with E-state index < -0.39 is 16.1 Å². The summed E-state index contributed by atoms with van der Waals surface area (Å²) in [5.41, 5.74) is 8.68. The Labute approximate surface area is 250 Å². The maximum absolute atomic E-state index is 14.0. The van der Waals surface area contributed by atoms with Crippen molar-refractivity contribution in [2.45, 2.75) is 26.5 Å². The Kier molecular flexibility index (Phi) is 10.8. The van der Waals surface area contributed by atoms with Gasteiger partial charge in [-0.2, -0.15) is 13.0 Å². The predicted octanol–water partition coefficient (Wildman–Crippen LogP) is 2.94. The molecule has 0 saturated heterocycles. The van der Waals surface area contributed by atoms with Crippen molar-refractivity contribution in [2.75, 3.05) is 39.2 Å². The van der Waals surface area contributed by atoms with Crippen molar-refractivity contribution in [3.63, 3.8) is 0 Å². The van der Waals surface area contributed by atoms with Crippen LogP contribution < -0.4 is 20.4 Å². The van der Waals surface area contributed by atoms with Gasteiger partial charge in [0.25, 0.3) is 16.0 Å². The number of esters is 1. The summed E-state index contributed by atoms with van der Waals surface area (Å²) in [4.78, 5) is 26.8. The van der Waals surface area contributed by atoms with Gasteiger partial charge in [-0.3, -0.25) is 9.35 Å². The number of methoxy groups -OCH3 is 1. The third kappa shape index (κ3) is 7.92. The van der Waals surface area contributed by atoms with Gasteiger partial charge in [-0.25, -0.2) is 4.79 Å². The zero-order chi connectivity index (χ0) is 31.0. The molecule has 0 aliphatic rings. The number of rotatable bonds is 14. The molecule has 4 N–H and O–H groups in total. The minimum absolute atomic E-state index is 0.105. The highest BCUT2D eigenvalue weighted by Crippen LogP contribution is 2.31. The number of fused-ring (bicyclic) bond motifs is 2. The van der Waals surface area contributed by atoms with Gasteiger partial charge in [0, 0.05) is 49.9 Å². The van der Waals surface area contributed by atoms with Gasteiger partial charge in [-0.1, -0.05) is 24.3 Å². The van der Waals surface area contributed by atoms with Crippen LogP contribution >= 0.6 is 0 Å². The summed E-state index contributed by atoms with van der Waals surface area (Å²) in [5, 5.41) is 4.05. The summed E-state index contributed by atoms with van der Waals surface area (Å²) in [5.74, 6) is -0.974. The standard InChI is InChI=1S/C31H35N3O8S/c1-21-18-22(30(35)33-13-16-41-15-12-32)19-23(20-40-2)29(21)42-31(36)28-24-8-3-5-10-26(24)34(14-7-17-43(37,38)39)27-11-6-4-9-25(27)28/h3-6,8-11,18-19H,7,12-17,20,32H2,1-2H3,(H-,33,35,37,38,39)/p+1. The van der Waals surface area contributed by atoms with Gasteiger partial charge in [0.1, 0.15) is 5.75 Å². The van der Waals surface area contributed by atoms with Crippen molar-refractivity contribution in [3.05, 3.63) is 82.9 Å². The van der Waals surface area contributed by atoms with Crippen LogP contribution in [0, 0.1) is 6.92 Å². The fourth-order valence-electron chi connectivity index (χ4n) is 5.04. The van der Waals surface area contributed by atoms with Gasteiger partial charge in [-0.15, -0.1) is 0 Å². The molecule has 1 amide bonds. The van der Waals surface area contributed by atoms with Crippen LogP contribution in [0.3, 0.4) is 0 Å². The Morgan fingerprint density at radius 3 is 2.26 bits per heavy atom. The van der Waals surface area contributed by atoms with E-state index in [-0.39, 0.29) is 24.7 Å². The Morgan fingerprint density at radius 1 is 1.00 bits per heavy atom. The highest BCUT2D eigenvalue weighted by Gasteiger charge is 2.27. The first-order valence-corrected chi connectivity index (χ1v) is 15.4. The number of benzene rings is 3. The monoisotopic (exact) mass is 610 g/mol. The summed E-state index contributed by atoms with van der Waals surface area (Å²) >= 11 is 0. The van der Waals surface area contributed by atoms with Crippen LogP contribution in [0.1, 0.15) is 38.3 Å². The van der Waals surface area contributed by atoms with Crippen LogP contribution in [0.2, 0.25) is 0 Å². The Bertz CT molecular complexity index is 1680. The molecular weight excluding hydrogens is 574 g/mol. The van der Waals surface area contributed by atoms with Crippen LogP contribution in [0.5, 0.6) is 5.75 Å². The van der Waals surface area contributed by atoms with Crippen molar-refractivity contribution in [2.24, 2.45) is 5.73 Å². The lowest BCUT2D eigenvalue weighted by atomic mass is 10.0. The number of ether oxygens (including phenoxy) is 3. The number of nitrogens with two attached hydrogens (primary N) is 1. The van der Waals surface area contributed by atoms with Crippen LogP contribution in [0.25, 0.3) is 21.8 Å². The van der Waals surface area contributed by atoms with Gasteiger partial charge < -0.3 is 25.3 Å². The molecule has 4 rings (SSSR count). The minimum atomic E-state index is -4.12. The van der Waals surface area contributed by atoms with Gasteiger partial charge in [-0.05, 0) is 36.8 Å². The third-order valence-corrected chi connectivity index (χ3v) is 7.62. The second-order valence-electron chi connectivity index (χ2n) is 9.96. The fraction of sp³-hybridized carbons (Fsp3) is 0.323. The van der Waals surface area contributed by atoms with Crippen molar-refractivity contribution in [1.29, 1.82) is 0 Å². The molecule has 11 nitrogen and oxygen atoms in total. The quantitative estimate of drug-likeness (QED) is 0.0487. The normalized spacial score (nSPS) is 11.6. The molecule has 228 valence electrons. The Balaban J connectivity index is 1.71. The number of carbonyl (C=O) groups excluding carboxylic acids is 2. The number of aromatic nitrogens is 1. The van der Waals surface area contributed by atoms with Gasteiger partial charge in [0.2, 0.25) is 11.0 Å². The van der Waals surface area contributed by atoms with E-state index in [0.29, 0.717) is 82.7 Å². The number of pyridine rings is 1. The molecule has 0 bridgehead atoms. The molecule has 43 heavy (non-hydrogen) atoms. The summed E-state index contributed by atoms with van der Waals surface area (Å²) < 4.78 is 50.6. The first-order chi connectivity index (χ1) is 20.6. The number of carbonyl (C=O) groups is 2. The molecule has 3 aromatic carbocycles. The predicted molar refractivity (Wildman–Crippen MR) is 162 cm³/mol. The number of aryl methyl sites for hydroxylation is 2. The molecule has 1 heterocycles. The number of para-hydroxylation sites is 2. The minimum Gasteiger partial charge on any atom is -0.422 e. The van der Waals surface area contributed by atoms with Gasteiger partial charge in [0.05, 0.1) is 41.9 Å². The Morgan fingerprint density at radius 2 is 1.65 bits per heavy atom. The number of amides is 1. The number of hydrogen-bond donors (Lipinski definition) is 3. The van der Waals surface area contributed by atoms with E-state index >= 15 is 0 Å². The lowest BCUT2D eigenvalue weighted by Crippen LogP contribution is -2.37. The van der Waals surface area contributed by atoms with Crippen LogP contribution in [-0.4, -0.2) is 64.0 Å². The summed E-state index contributed by atoms with van der Waals surface area (Å²) in [7, 11) is -2.60. The lowest BCUT2D eigenvalue weighted by Gasteiger charge is -2.16. The van der Waals surface area contributed by atoms with Gasteiger partial charge >= 0.3 is 5.97 Å². The average Bonchev–Trinajstić information content (AvgIpc) is 2.97. The third-order valence-electron chi connectivity index (χ3n) is 6.82. The molecule has 0 radical (unpaired) electrons. The second kappa shape index (κ2) is 14.5. The van der Waals surface area contributed by atoms with Crippen molar-refractivity contribution >= 4 is 43.8 Å². The van der Waals surface area contributed by atoms with Gasteiger partial charge in [0.15, 0.2) is 6.54 Å². The molecule has 1 aromatic heterocycles. The van der Waals surface area contributed by atoms with E-state index in [9.17, 15) is 22.6 Å². The highest BCUT2D eigenvalue weighted by molar-refractivity contribution is 7.85. The molecular formula is C31H36N3O8S+. The first-order valence-electron chi connectivity index (χ1n) is 13.8. The van der Waals surface area contributed by atoms with E-state index in [1.54, 1.807) is 19.1 Å². The zero-order valence-corrected chi connectivity index (χ0v) is 25.0. The Hall–Kier alpha value is -3.94. The first kappa shape index (κ1) is 32.0. The zero-order valence-electron chi connectivity index (χ0n) is 24.2. The average molecular weight is 611 g/mol. The number of nitrogens with one attached hydrogen (secondary N) is 1. The van der Waals surface area contributed by atoms with Crippen LogP contribution in [0.4, 0.5) is 0 Å². The molecule has 0 aliphatic heterocycles. The lowest BCUT2D eigenvalue weighted by molar-refractivity contribution is -0.645. The van der Waals surface area contributed by atoms with E-state index in [4.69, 9.17) is 19.9 Å². The number of nitrogens with zero attached hydrogens (tertiary/aromatic N) is 1. The maximum Gasteiger partial charge on any atom is 0.345 e. The molecule has 4 aromatic rings. The van der Waals surface area contributed by atoms with Crippen LogP contribution in [0.15, 0.2) is 60.7 Å². The molecule has 0 aliphatic carbocycles. The summed E-state index contributed by atoms with van der Waals surface area (Å²) in [6, 6.07) is 17.9.